The number of nitrogens with one attached hydrogen (secondary N) is 2. The highest BCUT2D eigenvalue weighted by Crippen LogP contribution is 2.17. The number of hydrogen-bond donors (Lipinski definition) is 2. The molecule has 28 heavy (non-hydrogen) atoms. The first kappa shape index (κ1) is 19.2. The number of rotatable bonds is 8. The summed E-state index contributed by atoms with van der Waals surface area (Å²) in [6.07, 6.45) is 2.97. The molecule has 3 rings (SSSR count). The molecule has 0 aliphatic rings. The van der Waals surface area contributed by atoms with Crippen LogP contribution in [-0.4, -0.2) is 36.1 Å². The van der Waals surface area contributed by atoms with Gasteiger partial charge in [0.2, 0.25) is 0 Å². The van der Waals surface area contributed by atoms with Crippen molar-refractivity contribution in [1.29, 1.82) is 0 Å². The van der Waals surface area contributed by atoms with Crippen LogP contribution in [0.3, 0.4) is 0 Å². The molecule has 1 aromatic heterocycles. The van der Waals surface area contributed by atoms with E-state index in [9.17, 15) is 4.79 Å². The molecule has 0 bridgehead atoms. The summed E-state index contributed by atoms with van der Waals surface area (Å²) in [7, 11) is 1.62. The Morgan fingerprint density at radius 3 is 2.50 bits per heavy atom. The Labute approximate surface area is 163 Å². The van der Waals surface area contributed by atoms with E-state index in [0.717, 1.165) is 22.7 Å². The molecule has 0 unspecified atom stereocenters. The lowest BCUT2D eigenvalue weighted by Crippen LogP contribution is -2.16. The van der Waals surface area contributed by atoms with Gasteiger partial charge in [0.25, 0.3) is 5.91 Å². The zero-order chi connectivity index (χ0) is 19.8. The molecule has 0 fully saturated rings. The fraction of sp³-hybridized carbons (Fsp3) is 0.190. The van der Waals surface area contributed by atoms with E-state index >= 15 is 0 Å². The van der Waals surface area contributed by atoms with Crippen LogP contribution in [0.2, 0.25) is 0 Å². The van der Waals surface area contributed by atoms with Crippen molar-refractivity contribution in [1.82, 2.24) is 9.97 Å². The monoisotopic (exact) mass is 378 g/mol. The molecule has 0 aliphatic carbocycles. The normalized spacial score (nSPS) is 10.2. The molecule has 0 saturated carbocycles. The number of methoxy groups -OCH3 is 1. The Hall–Kier alpha value is -3.61. The van der Waals surface area contributed by atoms with E-state index < -0.39 is 0 Å². The second-order valence-electron chi connectivity index (χ2n) is 6.06. The van der Waals surface area contributed by atoms with Crippen LogP contribution in [0, 0.1) is 6.92 Å². The van der Waals surface area contributed by atoms with Gasteiger partial charge in [0.1, 0.15) is 29.6 Å². The molecule has 7 nitrogen and oxygen atoms in total. The first-order valence-corrected chi connectivity index (χ1v) is 8.85. The highest BCUT2D eigenvalue weighted by atomic mass is 16.5. The molecule has 0 spiro atoms. The van der Waals surface area contributed by atoms with E-state index in [1.165, 1.54) is 12.4 Å². The molecule has 0 saturated heterocycles. The number of aryl methyl sites for hydroxylation is 1. The van der Waals surface area contributed by atoms with Crippen LogP contribution in [0.15, 0.2) is 60.9 Å². The Kier molecular flexibility index (Phi) is 6.41. The van der Waals surface area contributed by atoms with E-state index in [1.807, 2.05) is 55.5 Å². The molecule has 0 radical (unpaired) electrons. The zero-order valence-electron chi connectivity index (χ0n) is 15.8. The average Bonchev–Trinajstić information content (AvgIpc) is 2.72. The standard InChI is InChI=1S/C21H22N4O3/c1-15-4-3-5-16(12-15)25-21(26)19-13-24-20(14-23-19)22-10-11-28-18-8-6-17(27-2)7-9-18/h3-9,12-14H,10-11H2,1-2H3,(H,22,24)(H,25,26). The summed E-state index contributed by atoms with van der Waals surface area (Å²) in [5, 5.41) is 5.91. The minimum absolute atomic E-state index is 0.251. The van der Waals surface area contributed by atoms with Crippen LogP contribution in [-0.2, 0) is 0 Å². The summed E-state index contributed by atoms with van der Waals surface area (Å²) in [4.78, 5) is 20.6. The number of benzene rings is 2. The summed E-state index contributed by atoms with van der Waals surface area (Å²) in [5.41, 5.74) is 2.05. The number of carbonyl (C=O) groups is 1. The predicted molar refractivity (Wildman–Crippen MR) is 108 cm³/mol. The smallest absolute Gasteiger partial charge is 0.275 e. The van der Waals surface area contributed by atoms with Gasteiger partial charge in [-0.05, 0) is 48.9 Å². The minimum Gasteiger partial charge on any atom is -0.497 e. The van der Waals surface area contributed by atoms with Gasteiger partial charge in [0.05, 0.1) is 26.0 Å². The van der Waals surface area contributed by atoms with Crippen molar-refractivity contribution in [2.75, 3.05) is 30.9 Å². The summed E-state index contributed by atoms with van der Waals surface area (Å²) >= 11 is 0. The third-order valence-electron chi connectivity index (χ3n) is 3.90. The van der Waals surface area contributed by atoms with E-state index in [-0.39, 0.29) is 11.6 Å². The number of aromatic nitrogens is 2. The predicted octanol–water partition coefficient (Wildman–Crippen LogP) is 3.54. The molecule has 144 valence electrons. The van der Waals surface area contributed by atoms with Gasteiger partial charge in [0.15, 0.2) is 0 Å². The van der Waals surface area contributed by atoms with Crippen LogP contribution < -0.4 is 20.1 Å². The fourth-order valence-electron chi connectivity index (χ4n) is 2.47. The molecule has 2 N–H and O–H groups in total. The maximum absolute atomic E-state index is 12.2. The van der Waals surface area contributed by atoms with Gasteiger partial charge in [-0.2, -0.15) is 0 Å². The largest absolute Gasteiger partial charge is 0.497 e. The molecular weight excluding hydrogens is 356 g/mol. The van der Waals surface area contributed by atoms with Gasteiger partial charge >= 0.3 is 0 Å². The lowest BCUT2D eigenvalue weighted by Gasteiger charge is -2.09. The highest BCUT2D eigenvalue weighted by molar-refractivity contribution is 6.02. The molecule has 0 aliphatic heterocycles. The van der Waals surface area contributed by atoms with Crippen molar-refractivity contribution in [2.45, 2.75) is 6.92 Å². The van der Waals surface area contributed by atoms with Gasteiger partial charge in [-0.25, -0.2) is 9.97 Å². The first-order chi connectivity index (χ1) is 13.6. The average molecular weight is 378 g/mol. The van der Waals surface area contributed by atoms with Crippen molar-refractivity contribution >= 4 is 17.4 Å². The maximum atomic E-state index is 12.2. The van der Waals surface area contributed by atoms with Gasteiger partial charge in [0, 0.05) is 5.69 Å². The highest BCUT2D eigenvalue weighted by Gasteiger charge is 2.08. The third kappa shape index (κ3) is 5.44. The summed E-state index contributed by atoms with van der Waals surface area (Å²) < 4.78 is 10.7. The number of nitrogens with zero attached hydrogens (tertiary/aromatic N) is 2. The van der Waals surface area contributed by atoms with Gasteiger partial charge < -0.3 is 20.1 Å². The molecule has 0 atom stereocenters. The van der Waals surface area contributed by atoms with Crippen LogP contribution in [0.5, 0.6) is 11.5 Å². The Balaban J connectivity index is 1.45. The number of ether oxygens (including phenoxy) is 2. The van der Waals surface area contributed by atoms with Crippen LogP contribution >= 0.6 is 0 Å². The van der Waals surface area contributed by atoms with E-state index in [4.69, 9.17) is 9.47 Å². The topological polar surface area (TPSA) is 85.4 Å². The SMILES string of the molecule is COc1ccc(OCCNc2cnc(C(=O)Nc3cccc(C)c3)cn2)cc1. The summed E-state index contributed by atoms with van der Waals surface area (Å²) in [6, 6.07) is 15.0. The second kappa shape index (κ2) is 9.36. The van der Waals surface area contributed by atoms with Gasteiger partial charge in [-0.15, -0.1) is 0 Å². The molecule has 1 heterocycles. The van der Waals surface area contributed by atoms with Gasteiger partial charge in [-0.3, -0.25) is 4.79 Å². The first-order valence-electron chi connectivity index (χ1n) is 8.85. The minimum atomic E-state index is -0.299. The van der Waals surface area contributed by atoms with Crippen molar-refractivity contribution < 1.29 is 14.3 Å². The zero-order valence-corrected chi connectivity index (χ0v) is 15.8. The molecule has 7 heteroatoms. The van der Waals surface area contributed by atoms with Crippen molar-refractivity contribution in [3.63, 3.8) is 0 Å². The third-order valence-corrected chi connectivity index (χ3v) is 3.90. The number of amides is 1. The Bertz CT molecular complexity index is 912. The van der Waals surface area contributed by atoms with E-state index in [2.05, 4.69) is 20.6 Å². The van der Waals surface area contributed by atoms with Crippen LogP contribution in [0.1, 0.15) is 16.1 Å². The second-order valence-corrected chi connectivity index (χ2v) is 6.06. The lowest BCUT2D eigenvalue weighted by atomic mass is 10.2. The Morgan fingerprint density at radius 1 is 1.04 bits per heavy atom. The quantitative estimate of drug-likeness (QED) is 0.583. The molecular formula is C21H22N4O3. The molecule has 2 aromatic carbocycles. The summed E-state index contributed by atoms with van der Waals surface area (Å²) in [6.45, 7) is 2.98. The fourth-order valence-corrected chi connectivity index (χ4v) is 2.47. The number of carbonyl (C=O) groups excluding carboxylic acids is 1. The number of hydrogen-bond acceptors (Lipinski definition) is 6. The van der Waals surface area contributed by atoms with Gasteiger partial charge in [-0.1, -0.05) is 12.1 Å². The van der Waals surface area contributed by atoms with Crippen LogP contribution in [0.25, 0.3) is 0 Å². The van der Waals surface area contributed by atoms with Crippen molar-refractivity contribution in [2.24, 2.45) is 0 Å². The van der Waals surface area contributed by atoms with Crippen molar-refractivity contribution in [3.8, 4) is 11.5 Å². The van der Waals surface area contributed by atoms with E-state index in [0.29, 0.717) is 19.0 Å². The molecule has 3 aromatic rings. The summed E-state index contributed by atoms with van der Waals surface area (Å²) in [5.74, 6) is 1.82. The van der Waals surface area contributed by atoms with Crippen LogP contribution in [0.4, 0.5) is 11.5 Å². The van der Waals surface area contributed by atoms with E-state index in [1.54, 1.807) is 7.11 Å². The van der Waals surface area contributed by atoms with Crippen molar-refractivity contribution in [3.05, 3.63) is 72.2 Å². The number of anilines is 2. The Morgan fingerprint density at radius 2 is 1.82 bits per heavy atom. The molecule has 1 amide bonds. The maximum Gasteiger partial charge on any atom is 0.275 e. The lowest BCUT2D eigenvalue weighted by molar-refractivity contribution is 0.102.